The third kappa shape index (κ3) is 3.36. The zero-order valence-electron chi connectivity index (χ0n) is 11.4. The molecule has 0 bridgehead atoms. The van der Waals surface area contributed by atoms with Crippen LogP contribution in [0.25, 0.3) is 5.57 Å². The summed E-state index contributed by atoms with van der Waals surface area (Å²) in [6.07, 6.45) is 1.98. The molecule has 1 aromatic carbocycles. The second-order valence-electron chi connectivity index (χ2n) is 4.23. The van der Waals surface area contributed by atoms with Crippen LogP contribution < -0.4 is 4.74 Å². The first-order valence-electron chi connectivity index (χ1n) is 6.17. The number of rotatable bonds is 5. The van der Waals surface area contributed by atoms with E-state index < -0.39 is 5.97 Å². The minimum atomic E-state index is -0.903. The molecule has 18 heavy (non-hydrogen) atoms. The normalized spacial score (nSPS) is 11.4. The predicted octanol–water partition coefficient (Wildman–Crippen LogP) is 3.58. The van der Waals surface area contributed by atoms with Gasteiger partial charge in [-0.3, -0.25) is 0 Å². The average molecular weight is 248 g/mol. The summed E-state index contributed by atoms with van der Waals surface area (Å²) in [5.74, 6) is -0.0680. The summed E-state index contributed by atoms with van der Waals surface area (Å²) < 4.78 is 5.48. The number of carbonyl (C=O) groups is 1. The van der Waals surface area contributed by atoms with Crippen LogP contribution in [-0.2, 0) is 4.79 Å². The summed E-state index contributed by atoms with van der Waals surface area (Å²) in [7, 11) is 0. The van der Waals surface area contributed by atoms with Crippen molar-refractivity contribution in [2.75, 3.05) is 6.61 Å². The van der Waals surface area contributed by atoms with E-state index in [2.05, 4.69) is 0 Å². The summed E-state index contributed by atoms with van der Waals surface area (Å²) in [4.78, 5) is 10.8. The van der Waals surface area contributed by atoms with Crippen molar-refractivity contribution in [3.8, 4) is 5.75 Å². The number of ether oxygens (including phenoxy) is 1. The van der Waals surface area contributed by atoms with Crippen molar-refractivity contribution >= 4 is 11.5 Å². The molecule has 3 nitrogen and oxygen atoms in total. The monoisotopic (exact) mass is 248 g/mol. The van der Waals surface area contributed by atoms with Crippen LogP contribution in [0.3, 0.4) is 0 Å². The molecule has 1 rings (SSSR count). The summed E-state index contributed by atoms with van der Waals surface area (Å²) in [6.45, 7) is 8.50. The van der Waals surface area contributed by atoms with Crippen molar-refractivity contribution in [2.24, 2.45) is 0 Å². The van der Waals surface area contributed by atoms with Crippen LogP contribution in [0.5, 0.6) is 5.75 Å². The van der Waals surface area contributed by atoms with Crippen LogP contribution in [0.1, 0.15) is 37.0 Å². The Morgan fingerprint density at radius 1 is 1.28 bits per heavy atom. The van der Waals surface area contributed by atoms with E-state index in [0.29, 0.717) is 13.0 Å². The molecule has 0 amide bonds. The quantitative estimate of drug-likeness (QED) is 0.810. The van der Waals surface area contributed by atoms with Gasteiger partial charge in [-0.1, -0.05) is 6.92 Å². The minimum absolute atomic E-state index is 0.629. The predicted molar refractivity (Wildman–Crippen MR) is 73.0 cm³/mol. The highest BCUT2D eigenvalue weighted by atomic mass is 16.5. The summed E-state index contributed by atoms with van der Waals surface area (Å²) >= 11 is 0. The molecular weight excluding hydrogens is 228 g/mol. The van der Waals surface area contributed by atoms with Crippen LogP contribution in [0.2, 0.25) is 0 Å². The van der Waals surface area contributed by atoms with Crippen LogP contribution in [0, 0.1) is 13.8 Å². The summed E-state index contributed by atoms with van der Waals surface area (Å²) in [5, 5.41) is 8.90. The number of allylic oxidation sites excluding steroid dienone is 1. The second kappa shape index (κ2) is 6.24. The van der Waals surface area contributed by atoms with E-state index in [1.54, 1.807) is 0 Å². The van der Waals surface area contributed by atoms with Crippen LogP contribution in [-0.4, -0.2) is 17.7 Å². The largest absolute Gasteiger partial charge is 0.494 e. The van der Waals surface area contributed by atoms with E-state index in [-0.39, 0.29) is 0 Å². The fourth-order valence-corrected chi connectivity index (χ4v) is 2.18. The average Bonchev–Trinajstić information content (AvgIpc) is 2.26. The smallest absolute Gasteiger partial charge is 0.328 e. The molecule has 0 heterocycles. The van der Waals surface area contributed by atoms with Crippen molar-refractivity contribution in [1.29, 1.82) is 0 Å². The molecular formula is C15H20O3. The van der Waals surface area contributed by atoms with Gasteiger partial charge in [-0.15, -0.1) is 0 Å². The SMILES string of the molecule is CCOc1cc(C)c(/C(=C/C(=O)O)CC)c(C)c1. The van der Waals surface area contributed by atoms with Crippen LogP contribution in [0.4, 0.5) is 0 Å². The molecule has 0 saturated carbocycles. The second-order valence-corrected chi connectivity index (χ2v) is 4.23. The molecule has 1 N–H and O–H groups in total. The molecule has 0 aliphatic heterocycles. The maximum atomic E-state index is 10.8. The first kappa shape index (κ1) is 14.3. The van der Waals surface area contributed by atoms with Gasteiger partial charge in [-0.05, 0) is 61.6 Å². The molecule has 0 atom stereocenters. The molecule has 0 unspecified atom stereocenters. The molecule has 0 radical (unpaired) electrons. The lowest BCUT2D eigenvalue weighted by Gasteiger charge is -2.14. The molecule has 1 aromatic rings. The lowest BCUT2D eigenvalue weighted by Crippen LogP contribution is -1.99. The first-order valence-corrected chi connectivity index (χ1v) is 6.17. The Kier molecular flexibility index (Phi) is 4.95. The van der Waals surface area contributed by atoms with E-state index in [0.717, 1.165) is 28.0 Å². The lowest BCUT2D eigenvalue weighted by atomic mass is 9.93. The molecule has 0 aromatic heterocycles. The summed E-state index contributed by atoms with van der Waals surface area (Å²) in [6, 6.07) is 3.91. The summed E-state index contributed by atoms with van der Waals surface area (Å²) in [5.41, 5.74) is 3.96. The van der Waals surface area contributed by atoms with Gasteiger partial charge in [0.2, 0.25) is 0 Å². The third-order valence-corrected chi connectivity index (χ3v) is 2.82. The molecule has 0 aliphatic carbocycles. The number of aliphatic carboxylic acids is 1. The zero-order chi connectivity index (χ0) is 13.7. The third-order valence-electron chi connectivity index (χ3n) is 2.82. The number of aryl methyl sites for hydroxylation is 2. The van der Waals surface area contributed by atoms with E-state index in [9.17, 15) is 4.79 Å². The Morgan fingerprint density at radius 2 is 1.83 bits per heavy atom. The highest BCUT2D eigenvalue weighted by molar-refractivity contribution is 5.91. The van der Waals surface area contributed by atoms with Gasteiger partial charge in [0.1, 0.15) is 5.75 Å². The highest BCUT2D eigenvalue weighted by Crippen LogP contribution is 2.29. The Labute approximate surface area is 108 Å². The van der Waals surface area contributed by atoms with E-state index >= 15 is 0 Å². The standard InChI is InChI=1S/C15H20O3/c1-5-12(9-14(16)17)15-10(3)7-13(18-6-2)8-11(15)4/h7-9H,5-6H2,1-4H3,(H,16,17)/b12-9+. The van der Waals surface area contributed by atoms with E-state index in [1.807, 2.05) is 39.8 Å². The van der Waals surface area contributed by atoms with Gasteiger partial charge in [0.15, 0.2) is 0 Å². The van der Waals surface area contributed by atoms with Gasteiger partial charge in [-0.2, -0.15) is 0 Å². The Morgan fingerprint density at radius 3 is 2.22 bits per heavy atom. The highest BCUT2D eigenvalue weighted by Gasteiger charge is 2.10. The number of benzene rings is 1. The first-order chi connectivity index (χ1) is 8.49. The van der Waals surface area contributed by atoms with Gasteiger partial charge in [0, 0.05) is 6.08 Å². The topological polar surface area (TPSA) is 46.5 Å². The van der Waals surface area contributed by atoms with Crippen molar-refractivity contribution in [2.45, 2.75) is 34.1 Å². The molecule has 3 heteroatoms. The lowest BCUT2D eigenvalue weighted by molar-refractivity contribution is -0.131. The molecule has 0 aliphatic rings. The number of hydrogen-bond donors (Lipinski definition) is 1. The maximum absolute atomic E-state index is 10.8. The number of carboxylic acid groups (broad SMARTS) is 1. The Bertz CT molecular complexity index is 450. The van der Waals surface area contributed by atoms with Crippen molar-refractivity contribution < 1.29 is 14.6 Å². The Balaban J connectivity index is 3.28. The molecule has 0 spiro atoms. The molecule has 98 valence electrons. The Hall–Kier alpha value is -1.77. The van der Waals surface area contributed by atoms with Crippen LogP contribution in [0.15, 0.2) is 18.2 Å². The maximum Gasteiger partial charge on any atom is 0.328 e. The van der Waals surface area contributed by atoms with E-state index in [4.69, 9.17) is 9.84 Å². The number of hydrogen-bond acceptors (Lipinski definition) is 2. The van der Waals surface area contributed by atoms with Crippen molar-refractivity contribution in [3.63, 3.8) is 0 Å². The fraction of sp³-hybridized carbons (Fsp3) is 0.400. The van der Waals surface area contributed by atoms with Gasteiger partial charge in [0.05, 0.1) is 6.61 Å². The zero-order valence-corrected chi connectivity index (χ0v) is 11.4. The molecule has 0 fully saturated rings. The van der Waals surface area contributed by atoms with Gasteiger partial charge in [-0.25, -0.2) is 4.79 Å². The van der Waals surface area contributed by atoms with Crippen molar-refractivity contribution in [3.05, 3.63) is 34.9 Å². The van der Waals surface area contributed by atoms with Crippen molar-refractivity contribution in [1.82, 2.24) is 0 Å². The van der Waals surface area contributed by atoms with E-state index in [1.165, 1.54) is 6.08 Å². The van der Waals surface area contributed by atoms with Gasteiger partial charge >= 0.3 is 5.97 Å². The fourth-order valence-electron chi connectivity index (χ4n) is 2.18. The molecule has 0 saturated heterocycles. The van der Waals surface area contributed by atoms with Crippen LogP contribution >= 0.6 is 0 Å². The van der Waals surface area contributed by atoms with Gasteiger partial charge < -0.3 is 9.84 Å². The minimum Gasteiger partial charge on any atom is -0.494 e. The number of carboxylic acids is 1. The van der Waals surface area contributed by atoms with Gasteiger partial charge in [0.25, 0.3) is 0 Å².